The number of anilines is 2. The lowest BCUT2D eigenvalue weighted by atomic mass is 10.2. The van der Waals surface area contributed by atoms with Gasteiger partial charge in [0.05, 0.1) is 33.4 Å². The van der Waals surface area contributed by atoms with Crippen LogP contribution in [0, 0.1) is 5.82 Å². The Hall–Kier alpha value is -4.35. The van der Waals surface area contributed by atoms with Gasteiger partial charge in [-0.15, -0.1) is 0 Å². The Morgan fingerprint density at radius 1 is 1.12 bits per heavy atom. The van der Waals surface area contributed by atoms with Gasteiger partial charge in [-0.05, 0) is 18.2 Å². The fraction of sp³-hybridized carbons (Fsp3) is 0.292. The molecule has 1 saturated heterocycles. The molecule has 216 valence electrons. The number of ether oxygens (including phenoxy) is 1. The normalized spacial score (nSPS) is 14.1. The third-order valence-electron chi connectivity index (χ3n) is 6.01. The number of pyridine rings is 1. The van der Waals surface area contributed by atoms with Crippen LogP contribution in [0.4, 0.5) is 38.0 Å². The van der Waals surface area contributed by atoms with Crippen LogP contribution in [-0.4, -0.2) is 76.5 Å². The van der Waals surface area contributed by atoms with E-state index in [4.69, 9.17) is 4.74 Å². The minimum atomic E-state index is -4.71. The lowest BCUT2D eigenvalue weighted by molar-refractivity contribution is -0.137. The van der Waals surface area contributed by atoms with E-state index in [2.05, 4.69) is 46.3 Å². The van der Waals surface area contributed by atoms with Crippen LogP contribution in [0.2, 0.25) is 0 Å². The topological polar surface area (TPSA) is 149 Å². The molecule has 1 fully saturated rings. The number of hydrogen-bond acceptors (Lipinski definition) is 9. The predicted molar refractivity (Wildman–Crippen MR) is 142 cm³/mol. The molecule has 4 aromatic rings. The monoisotopic (exact) mass is 593 g/mol. The number of piperazine rings is 1. The molecule has 1 aromatic carbocycles. The number of halogens is 4. The number of rotatable bonds is 7. The highest BCUT2D eigenvalue weighted by molar-refractivity contribution is 7.19. The summed E-state index contributed by atoms with van der Waals surface area (Å²) in [5.74, 6) is -0.843. The number of benzene rings is 1. The molecule has 12 nitrogen and oxygen atoms in total. The van der Waals surface area contributed by atoms with E-state index in [1.165, 1.54) is 18.5 Å². The number of aromatic amines is 1. The van der Waals surface area contributed by atoms with Crippen LogP contribution in [0.1, 0.15) is 5.56 Å². The molecular weight excluding hydrogens is 570 g/mol. The van der Waals surface area contributed by atoms with Crippen molar-refractivity contribution in [3.8, 4) is 16.3 Å². The van der Waals surface area contributed by atoms with Gasteiger partial charge in [0.2, 0.25) is 0 Å². The summed E-state index contributed by atoms with van der Waals surface area (Å²) in [6.07, 6.45) is -2.49. The number of thiazole rings is 1. The number of alkyl halides is 3. The molecule has 5 N–H and O–H groups in total. The smallest absolute Gasteiger partial charge is 0.409 e. The zero-order valence-corrected chi connectivity index (χ0v) is 22.0. The molecule has 0 unspecified atom stereocenters. The Labute approximate surface area is 233 Å². The first-order valence-corrected chi connectivity index (χ1v) is 13.1. The Morgan fingerprint density at radius 3 is 2.71 bits per heavy atom. The predicted octanol–water partition coefficient (Wildman–Crippen LogP) is 3.88. The number of aromatic nitrogens is 4. The second kappa shape index (κ2) is 12.0. The van der Waals surface area contributed by atoms with Crippen LogP contribution in [0.5, 0.6) is 5.75 Å². The molecule has 0 radical (unpaired) electrons. The van der Waals surface area contributed by atoms with Gasteiger partial charge < -0.3 is 20.7 Å². The molecule has 3 amide bonds. The lowest BCUT2D eigenvalue weighted by Crippen LogP contribution is -2.46. The van der Waals surface area contributed by atoms with Crippen LogP contribution in [0.25, 0.3) is 21.6 Å². The van der Waals surface area contributed by atoms with E-state index < -0.39 is 35.4 Å². The van der Waals surface area contributed by atoms with Gasteiger partial charge >= 0.3 is 18.3 Å². The van der Waals surface area contributed by atoms with Gasteiger partial charge in [-0.2, -0.15) is 18.3 Å². The number of carbonyl (C=O) groups excluding carboxylic acids is 2. The van der Waals surface area contributed by atoms with Gasteiger partial charge in [0.1, 0.15) is 11.6 Å². The van der Waals surface area contributed by atoms with Crippen LogP contribution in [0.3, 0.4) is 0 Å². The van der Waals surface area contributed by atoms with E-state index in [1.807, 2.05) is 0 Å². The minimum absolute atomic E-state index is 0.0597. The highest BCUT2D eigenvalue weighted by Gasteiger charge is 2.31. The summed E-state index contributed by atoms with van der Waals surface area (Å²) in [7, 11) is 0. The Balaban J connectivity index is 1.24. The molecule has 5 rings (SSSR count). The van der Waals surface area contributed by atoms with Gasteiger partial charge in [0.15, 0.2) is 10.8 Å². The van der Waals surface area contributed by atoms with Gasteiger partial charge in [-0.25, -0.2) is 23.9 Å². The molecule has 0 aliphatic carbocycles. The maximum absolute atomic E-state index is 14.0. The summed E-state index contributed by atoms with van der Waals surface area (Å²) >= 11 is 0.985. The van der Waals surface area contributed by atoms with E-state index >= 15 is 0 Å². The fourth-order valence-corrected chi connectivity index (χ4v) is 4.77. The third kappa shape index (κ3) is 7.05. The maximum Gasteiger partial charge on any atom is 0.416 e. The van der Waals surface area contributed by atoms with Gasteiger partial charge in [0, 0.05) is 51.5 Å². The molecule has 3 aromatic heterocycles. The number of H-pyrrole nitrogens is 1. The molecule has 1 aliphatic rings. The van der Waals surface area contributed by atoms with Crippen molar-refractivity contribution in [2.45, 2.75) is 6.18 Å². The summed E-state index contributed by atoms with van der Waals surface area (Å²) in [6, 6.07) is 2.20. The Bertz CT molecular complexity index is 1550. The maximum atomic E-state index is 14.0. The van der Waals surface area contributed by atoms with Gasteiger partial charge in [-0.3, -0.25) is 15.3 Å². The zero-order chi connectivity index (χ0) is 29.0. The molecule has 41 heavy (non-hydrogen) atoms. The summed E-state index contributed by atoms with van der Waals surface area (Å²) in [4.78, 5) is 36.0. The summed E-state index contributed by atoms with van der Waals surface area (Å²) < 4.78 is 58.3. The van der Waals surface area contributed by atoms with Crippen molar-refractivity contribution in [3.63, 3.8) is 0 Å². The molecule has 1 aliphatic heterocycles. The second-order valence-electron chi connectivity index (χ2n) is 8.85. The van der Waals surface area contributed by atoms with Crippen molar-refractivity contribution in [2.24, 2.45) is 0 Å². The number of urea groups is 1. The van der Waals surface area contributed by atoms with Crippen molar-refractivity contribution in [1.29, 1.82) is 0 Å². The van der Waals surface area contributed by atoms with Crippen LogP contribution >= 0.6 is 11.3 Å². The zero-order valence-electron chi connectivity index (χ0n) is 21.1. The van der Waals surface area contributed by atoms with Gasteiger partial charge in [-0.1, -0.05) is 11.3 Å². The van der Waals surface area contributed by atoms with Crippen molar-refractivity contribution in [3.05, 3.63) is 48.0 Å². The van der Waals surface area contributed by atoms with Crippen molar-refractivity contribution < 1.29 is 31.9 Å². The number of carbonyl (C=O) groups is 2. The first kappa shape index (κ1) is 28.2. The third-order valence-corrected chi connectivity index (χ3v) is 6.95. The van der Waals surface area contributed by atoms with E-state index in [1.54, 1.807) is 0 Å². The molecular formula is C24H23F4N9O3S. The average molecular weight is 594 g/mol. The SMILES string of the molecule is O=C(Nc1ncc(-c2cc(OC(=O)NCCN3CCNCC3)c3cn[nH]c3n2)s1)Nc1cc(C(F)(F)F)ccc1F. The quantitative estimate of drug-likeness (QED) is 0.203. The first-order valence-electron chi connectivity index (χ1n) is 12.3. The highest BCUT2D eigenvalue weighted by atomic mass is 32.1. The molecule has 0 spiro atoms. The molecule has 0 bridgehead atoms. The van der Waals surface area contributed by atoms with Crippen molar-refractivity contribution >= 4 is 45.3 Å². The van der Waals surface area contributed by atoms with Crippen LogP contribution in [0.15, 0.2) is 36.7 Å². The Kier molecular flexibility index (Phi) is 8.27. The molecule has 17 heteroatoms. The fourth-order valence-electron chi connectivity index (χ4n) is 4.00. The van der Waals surface area contributed by atoms with E-state index in [0.717, 1.165) is 37.5 Å². The number of fused-ring (bicyclic) bond motifs is 1. The van der Waals surface area contributed by atoms with E-state index in [-0.39, 0.29) is 10.9 Å². The molecule has 4 heterocycles. The number of amides is 3. The molecule has 0 atom stereocenters. The van der Waals surface area contributed by atoms with E-state index in [0.29, 0.717) is 52.9 Å². The average Bonchev–Trinajstić information content (AvgIpc) is 3.60. The first-order chi connectivity index (χ1) is 19.7. The molecule has 0 saturated carbocycles. The summed E-state index contributed by atoms with van der Waals surface area (Å²) in [5, 5.41) is 17.6. The van der Waals surface area contributed by atoms with E-state index in [9.17, 15) is 27.2 Å². The van der Waals surface area contributed by atoms with Crippen LogP contribution in [-0.2, 0) is 6.18 Å². The summed E-state index contributed by atoms with van der Waals surface area (Å²) in [5.41, 5.74) is -1.07. The Morgan fingerprint density at radius 2 is 1.93 bits per heavy atom. The van der Waals surface area contributed by atoms with Gasteiger partial charge in [0.25, 0.3) is 0 Å². The van der Waals surface area contributed by atoms with Crippen molar-refractivity contribution in [2.75, 3.05) is 49.9 Å². The standard InChI is InChI=1S/C24H23F4N9O3S/c25-15-2-1-13(24(26,27)28)9-16(15)34-21(38)35-22-31-12-19(41-22)17-10-18(14-11-32-36-20(14)33-17)40-23(39)30-5-8-37-6-3-29-4-7-37/h1-2,9-12,29H,3-8H2,(H,30,39)(H,32,33,36)(H2,31,34,35,38). The minimum Gasteiger partial charge on any atom is -0.409 e. The van der Waals surface area contributed by atoms with Crippen LogP contribution < -0.4 is 26.0 Å². The van der Waals surface area contributed by atoms with Crippen molar-refractivity contribution in [1.82, 2.24) is 35.7 Å². The summed E-state index contributed by atoms with van der Waals surface area (Å²) in [6.45, 7) is 4.68. The number of nitrogens with one attached hydrogen (secondary N) is 5. The largest absolute Gasteiger partial charge is 0.416 e. The number of nitrogens with zero attached hydrogens (tertiary/aromatic N) is 4. The highest BCUT2D eigenvalue weighted by Crippen LogP contribution is 2.34. The number of hydrogen-bond donors (Lipinski definition) is 5. The second-order valence-corrected chi connectivity index (χ2v) is 9.88. The lowest BCUT2D eigenvalue weighted by Gasteiger charge is -2.26.